The molecule has 1 aromatic rings. The molecule has 0 amide bonds. The third kappa shape index (κ3) is 4.24. The standard InChI is InChI=1S/C9H12N2O2SSe/c10-11-14(12,13)7-6-9(15)8-4-2-1-3-5-8/h1-5,11H,6-7,10H2. The fourth-order valence-electron chi connectivity index (χ4n) is 1.05. The molecular weight excluding hydrogens is 279 g/mol. The van der Waals surface area contributed by atoms with Gasteiger partial charge < -0.3 is 0 Å². The predicted octanol–water partition coefficient (Wildman–Crippen LogP) is -0.441. The molecule has 82 valence electrons. The fraction of sp³-hybridized carbons (Fsp3) is 0.222. The summed E-state index contributed by atoms with van der Waals surface area (Å²) in [6, 6.07) is 9.57. The second-order valence-corrected chi connectivity index (χ2v) is 5.88. The number of hydrogen-bond donors (Lipinski definition) is 2. The van der Waals surface area contributed by atoms with Gasteiger partial charge in [-0.05, 0) is 0 Å². The van der Waals surface area contributed by atoms with Crippen LogP contribution in [0.3, 0.4) is 0 Å². The zero-order chi connectivity index (χ0) is 11.3. The number of hydrogen-bond acceptors (Lipinski definition) is 3. The maximum atomic E-state index is 11.1. The Morgan fingerprint density at radius 2 is 1.93 bits per heavy atom. The Balaban J connectivity index is 2.59. The molecule has 0 atom stereocenters. The van der Waals surface area contributed by atoms with Gasteiger partial charge in [-0.15, -0.1) is 0 Å². The van der Waals surface area contributed by atoms with E-state index in [2.05, 4.69) is 15.6 Å². The second-order valence-electron chi connectivity index (χ2n) is 2.98. The van der Waals surface area contributed by atoms with Crippen molar-refractivity contribution in [1.29, 1.82) is 0 Å². The molecular formula is C9H12N2O2SSe. The van der Waals surface area contributed by atoms with Crippen molar-refractivity contribution in [3.05, 3.63) is 35.9 Å². The summed E-state index contributed by atoms with van der Waals surface area (Å²) in [5.41, 5.74) is 1.00. The quantitative estimate of drug-likeness (QED) is 0.439. The Hall–Kier alpha value is -0.521. The van der Waals surface area contributed by atoms with E-state index < -0.39 is 10.0 Å². The van der Waals surface area contributed by atoms with Crippen LogP contribution in [0.15, 0.2) is 30.3 Å². The summed E-state index contributed by atoms with van der Waals surface area (Å²) in [6.45, 7) is 0. The molecule has 0 aliphatic carbocycles. The van der Waals surface area contributed by atoms with Gasteiger partial charge in [0, 0.05) is 0 Å². The van der Waals surface area contributed by atoms with E-state index in [-0.39, 0.29) is 5.75 Å². The molecule has 0 saturated heterocycles. The third-order valence-corrected chi connectivity index (χ3v) is 3.90. The zero-order valence-corrected chi connectivity index (χ0v) is 10.5. The summed E-state index contributed by atoms with van der Waals surface area (Å²) in [6.07, 6.45) is 0.427. The summed E-state index contributed by atoms with van der Waals surface area (Å²) in [4.78, 5) is 1.79. The van der Waals surface area contributed by atoms with Crippen LogP contribution in [0.25, 0.3) is 0 Å². The van der Waals surface area contributed by atoms with Crippen molar-refractivity contribution in [2.24, 2.45) is 5.84 Å². The molecule has 0 bridgehead atoms. The third-order valence-electron chi connectivity index (χ3n) is 1.87. The Kier molecular flexibility index (Phi) is 4.63. The topological polar surface area (TPSA) is 72.2 Å². The summed E-state index contributed by atoms with van der Waals surface area (Å²) in [5, 5.41) is 0. The average Bonchev–Trinajstić information content (AvgIpc) is 2.27. The summed E-state index contributed by atoms with van der Waals surface area (Å²) < 4.78 is 23.1. The first kappa shape index (κ1) is 12.5. The Morgan fingerprint density at radius 3 is 2.47 bits per heavy atom. The average molecular weight is 291 g/mol. The number of nitrogens with one attached hydrogen (secondary N) is 1. The molecule has 0 aliphatic rings. The molecule has 0 fully saturated rings. The fourth-order valence-corrected chi connectivity index (χ4v) is 2.44. The van der Waals surface area contributed by atoms with Crippen LogP contribution in [-0.4, -0.2) is 34.2 Å². The van der Waals surface area contributed by atoms with Gasteiger partial charge in [0.2, 0.25) is 0 Å². The van der Waals surface area contributed by atoms with Crippen LogP contribution in [0.5, 0.6) is 0 Å². The molecule has 3 N–H and O–H groups in total. The van der Waals surface area contributed by atoms with E-state index in [0.29, 0.717) is 6.42 Å². The normalized spacial score (nSPS) is 11.3. The molecule has 1 rings (SSSR count). The first-order chi connectivity index (χ1) is 7.05. The monoisotopic (exact) mass is 292 g/mol. The van der Waals surface area contributed by atoms with Crippen LogP contribution in [0.2, 0.25) is 0 Å². The molecule has 0 spiro atoms. The molecule has 0 saturated carbocycles. The van der Waals surface area contributed by atoms with Crippen molar-refractivity contribution >= 4 is 30.0 Å². The second kappa shape index (κ2) is 5.53. The van der Waals surface area contributed by atoms with Crippen LogP contribution in [0.1, 0.15) is 12.0 Å². The van der Waals surface area contributed by atoms with Crippen LogP contribution < -0.4 is 10.7 Å². The first-order valence-corrected chi connectivity index (χ1v) is 6.84. The van der Waals surface area contributed by atoms with E-state index >= 15 is 0 Å². The number of nitrogens with two attached hydrogens (primary N) is 1. The molecule has 1 aromatic carbocycles. The van der Waals surface area contributed by atoms with E-state index in [4.69, 9.17) is 5.84 Å². The van der Waals surface area contributed by atoms with Gasteiger partial charge in [-0.25, -0.2) is 0 Å². The van der Waals surface area contributed by atoms with Gasteiger partial charge in [0.15, 0.2) is 0 Å². The van der Waals surface area contributed by atoms with Crippen LogP contribution in [0.4, 0.5) is 0 Å². The van der Waals surface area contributed by atoms with Gasteiger partial charge in [0.05, 0.1) is 0 Å². The van der Waals surface area contributed by atoms with E-state index in [9.17, 15) is 8.42 Å². The minimum absolute atomic E-state index is 0.0132. The molecule has 0 unspecified atom stereocenters. The van der Waals surface area contributed by atoms with Gasteiger partial charge in [-0.3, -0.25) is 0 Å². The zero-order valence-electron chi connectivity index (χ0n) is 8.01. The minimum atomic E-state index is -3.34. The summed E-state index contributed by atoms with van der Waals surface area (Å²) >= 11 is 2.87. The van der Waals surface area contributed by atoms with E-state index in [1.165, 1.54) is 0 Å². The van der Waals surface area contributed by atoms with Crippen molar-refractivity contribution < 1.29 is 8.42 Å². The van der Waals surface area contributed by atoms with Gasteiger partial charge in [-0.1, -0.05) is 0 Å². The Bertz CT molecular complexity index is 431. The van der Waals surface area contributed by atoms with Crippen LogP contribution >= 0.6 is 0 Å². The van der Waals surface area contributed by atoms with Gasteiger partial charge in [0.1, 0.15) is 0 Å². The van der Waals surface area contributed by atoms with Gasteiger partial charge in [-0.2, -0.15) is 0 Å². The predicted molar refractivity (Wildman–Crippen MR) is 62.0 cm³/mol. The molecule has 15 heavy (non-hydrogen) atoms. The number of rotatable bonds is 5. The number of benzene rings is 1. The number of hydrazine groups is 1. The molecule has 0 aliphatic heterocycles. The van der Waals surface area contributed by atoms with Crippen molar-refractivity contribution in [3.63, 3.8) is 0 Å². The molecule has 0 heterocycles. The summed E-state index contributed by atoms with van der Waals surface area (Å²) in [5.74, 6) is 4.86. The Labute approximate surface area is 97.2 Å². The molecule has 4 nitrogen and oxygen atoms in total. The van der Waals surface area contributed by atoms with Crippen molar-refractivity contribution in [2.75, 3.05) is 5.75 Å². The number of sulfonamides is 1. The van der Waals surface area contributed by atoms with Crippen molar-refractivity contribution in [1.82, 2.24) is 4.83 Å². The van der Waals surface area contributed by atoms with Crippen LogP contribution in [-0.2, 0) is 10.0 Å². The molecule has 6 heteroatoms. The maximum absolute atomic E-state index is 11.1. The Morgan fingerprint density at radius 1 is 1.33 bits per heavy atom. The SMILES string of the molecule is NNS(=O)(=O)CCC(=[Se])c1ccccc1. The van der Waals surface area contributed by atoms with Crippen molar-refractivity contribution in [2.45, 2.75) is 6.42 Å². The molecule has 0 aromatic heterocycles. The summed E-state index contributed by atoms with van der Waals surface area (Å²) in [7, 11) is -3.34. The van der Waals surface area contributed by atoms with Crippen molar-refractivity contribution in [3.8, 4) is 0 Å². The van der Waals surface area contributed by atoms with Gasteiger partial charge in [0.25, 0.3) is 0 Å². The van der Waals surface area contributed by atoms with Gasteiger partial charge >= 0.3 is 97.2 Å². The van der Waals surface area contributed by atoms with E-state index in [1.54, 1.807) is 4.83 Å². The van der Waals surface area contributed by atoms with Crippen LogP contribution in [0, 0.1) is 0 Å². The first-order valence-electron chi connectivity index (χ1n) is 4.33. The van der Waals surface area contributed by atoms with E-state index in [0.717, 1.165) is 9.98 Å². The molecule has 0 radical (unpaired) electrons. The van der Waals surface area contributed by atoms with E-state index in [1.807, 2.05) is 30.3 Å².